The van der Waals surface area contributed by atoms with E-state index in [0.717, 1.165) is 5.69 Å². The van der Waals surface area contributed by atoms with E-state index in [1.165, 1.54) is 0 Å². The van der Waals surface area contributed by atoms with Gasteiger partial charge in [-0.2, -0.15) is 15.0 Å². The lowest BCUT2D eigenvalue weighted by atomic mass is 10.3. The summed E-state index contributed by atoms with van der Waals surface area (Å²) in [6.07, 6.45) is -0.00881. The highest BCUT2D eigenvalue weighted by Crippen LogP contribution is 2.19. The Bertz CT molecular complexity index is 573. The second-order valence-electron chi connectivity index (χ2n) is 4.31. The van der Waals surface area contributed by atoms with Gasteiger partial charge in [0.05, 0.1) is 6.10 Å². The molecule has 2 N–H and O–H groups in total. The molecule has 0 aliphatic carbocycles. The van der Waals surface area contributed by atoms with E-state index in [4.69, 9.17) is 16.3 Å². The zero-order chi connectivity index (χ0) is 14.5. The number of hydrogen-bond donors (Lipinski definition) is 2. The van der Waals surface area contributed by atoms with Crippen LogP contribution in [-0.2, 0) is 0 Å². The smallest absolute Gasteiger partial charge is 0.323 e. The van der Waals surface area contributed by atoms with Crippen molar-refractivity contribution in [1.82, 2.24) is 15.0 Å². The molecule has 6 nitrogen and oxygen atoms in total. The van der Waals surface area contributed by atoms with Crippen LogP contribution in [0.15, 0.2) is 24.3 Å². The molecule has 0 aliphatic heterocycles. The summed E-state index contributed by atoms with van der Waals surface area (Å²) in [6.45, 7) is 3.82. The molecule has 1 aromatic carbocycles. The first-order chi connectivity index (χ1) is 9.56. The molecule has 0 amide bonds. The van der Waals surface area contributed by atoms with Gasteiger partial charge in [0.1, 0.15) is 0 Å². The van der Waals surface area contributed by atoms with Crippen LogP contribution in [0.4, 0.5) is 17.6 Å². The molecule has 0 saturated carbocycles. The maximum atomic E-state index is 5.85. The fraction of sp³-hybridized carbons (Fsp3) is 0.308. The normalized spacial score (nSPS) is 10.4. The number of aromatic nitrogens is 3. The lowest BCUT2D eigenvalue weighted by Gasteiger charge is -2.11. The zero-order valence-electron chi connectivity index (χ0n) is 11.5. The first-order valence-electron chi connectivity index (χ1n) is 6.20. The number of nitrogens with zero attached hydrogens (tertiary/aromatic N) is 3. The first kappa shape index (κ1) is 14.3. The number of rotatable bonds is 5. The molecule has 1 aromatic heterocycles. The van der Waals surface area contributed by atoms with Crippen LogP contribution >= 0.6 is 11.6 Å². The minimum absolute atomic E-state index is 0.00881. The van der Waals surface area contributed by atoms with Gasteiger partial charge in [-0.15, -0.1) is 0 Å². The maximum absolute atomic E-state index is 5.85. The molecule has 2 rings (SSSR count). The van der Waals surface area contributed by atoms with E-state index in [1.807, 2.05) is 26.0 Å². The first-order valence-corrected chi connectivity index (χ1v) is 6.57. The van der Waals surface area contributed by atoms with E-state index in [0.29, 0.717) is 16.9 Å². The van der Waals surface area contributed by atoms with Crippen molar-refractivity contribution in [3.05, 3.63) is 29.3 Å². The fourth-order valence-electron chi connectivity index (χ4n) is 1.45. The number of ether oxygens (including phenoxy) is 1. The van der Waals surface area contributed by atoms with Crippen LogP contribution in [0.25, 0.3) is 0 Å². The van der Waals surface area contributed by atoms with Gasteiger partial charge in [-0.25, -0.2) is 0 Å². The molecule has 106 valence electrons. The number of hydrogen-bond acceptors (Lipinski definition) is 6. The molecule has 2 aromatic rings. The van der Waals surface area contributed by atoms with Crippen molar-refractivity contribution in [2.75, 3.05) is 17.7 Å². The molecule has 0 fully saturated rings. The summed E-state index contributed by atoms with van der Waals surface area (Å²) >= 11 is 5.85. The predicted molar refractivity (Wildman–Crippen MR) is 79.9 cm³/mol. The summed E-state index contributed by atoms with van der Waals surface area (Å²) in [5.41, 5.74) is 0.832. The Morgan fingerprint density at radius 3 is 2.30 bits per heavy atom. The van der Waals surface area contributed by atoms with Crippen LogP contribution in [0.3, 0.4) is 0 Å². The number of nitrogens with one attached hydrogen (secondary N) is 2. The van der Waals surface area contributed by atoms with Crippen LogP contribution in [0.2, 0.25) is 5.02 Å². The lowest BCUT2D eigenvalue weighted by Crippen LogP contribution is -2.11. The van der Waals surface area contributed by atoms with Gasteiger partial charge in [0.15, 0.2) is 0 Å². The number of halogens is 1. The van der Waals surface area contributed by atoms with Crippen LogP contribution < -0.4 is 15.4 Å². The Balaban J connectivity index is 2.23. The van der Waals surface area contributed by atoms with E-state index in [1.54, 1.807) is 19.2 Å². The molecular weight excluding hydrogens is 278 g/mol. The summed E-state index contributed by atoms with van der Waals surface area (Å²) < 4.78 is 5.49. The van der Waals surface area contributed by atoms with E-state index >= 15 is 0 Å². The van der Waals surface area contributed by atoms with Gasteiger partial charge in [0, 0.05) is 17.8 Å². The Kier molecular flexibility index (Phi) is 4.57. The third-order valence-electron chi connectivity index (χ3n) is 2.28. The molecule has 7 heteroatoms. The highest BCUT2D eigenvalue weighted by atomic mass is 35.5. The predicted octanol–water partition coefficient (Wildman–Crippen LogP) is 3.10. The minimum atomic E-state index is -0.00881. The highest BCUT2D eigenvalue weighted by molar-refractivity contribution is 6.30. The van der Waals surface area contributed by atoms with Crippen LogP contribution in [0.5, 0.6) is 6.01 Å². The zero-order valence-corrected chi connectivity index (χ0v) is 12.3. The average molecular weight is 294 g/mol. The van der Waals surface area contributed by atoms with Crippen LogP contribution in [0.1, 0.15) is 13.8 Å². The summed E-state index contributed by atoms with van der Waals surface area (Å²) in [7, 11) is 1.74. The van der Waals surface area contributed by atoms with E-state index in [9.17, 15) is 0 Å². The Labute approximate surface area is 122 Å². The largest absolute Gasteiger partial charge is 0.461 e. The summed E-state index contributed by atoms with van der Waals surface area (Å²) in [4.78, 5) is 12.6. The maximum Gasteiger partial charge on any atom is 0.323 e. The summed E-state index contributed by atoms with van der Waals surface area (Å²) in [6, 6.07) is 7.53. The standard InChI is InChI=1S/C13H16ClN5O/c1-8(2)20-13-18-11(15-3)17-12(19-13)16-10-6-4-9(14)5-7-10/h4-8H,1-3H3,(H2,15,16,17,18,19). The molecule has 0 bridgehead atoms. The molecule has 0 atom stereocenters. The topological polar surface area (TPSA) is 72.0 Å². The molecule has 0 radical (unpaired) electrons. The lowest BCUT2D eigenvalue weighted by molar-refractivity contribution is 0.222. The highest BCUT2D eigenvalue weighted by Gasteiger charge is 2.08. The van der Waals surface area contributed by atoms with Crippen molar-refractivity contribution >= 4 is 29.2 Å². The van der Waals surface area contributed by atoms with Crippen LogP contribution in [-0.4, -0.2) is 28.1 Å². The third-order valence-corrected chi connectivity index (χ3v) is 2.53. The monoisotopic (exact) mass is 293 g/mol. The molecule has 1 heterocycles. The molecule has 0 saturated heterocycles. The molecule has 20 heavy (non-hydrogen) atoms. The number of anilines is 3. The van der Waals surface area contributed by atoms with E-state index < -0.39 is 0 Å². The van der Waals surface area contributed by atoms with Crippen molar-refractivity contribution in [3.8, 4) is 6.01 Å². The van der Waals surface area contributed by atoms with Crippen molar-refractivity contribution in [2.45, 2.75) is 20.0 Å². The Morgan fingerprint density at radius 1 is 1.05 bits per heavy atom. The van der Waals surface area contributed by atoms with Gasteiger partial charge in [0.2, 0.25) is 11.9 Å². The van der Waals surface area contributed by atoms with Crippen molar-refractivity contribution < 1.29 is 4.74 Å². The Hall–Kier alpha value is -2.08. The van der Waals surface area contributed by atoms with Gasteiger partial charge in [0.25, 0.3) is 0 Å². The number of benzene rings is 1. The van der Waals surface area contributed by atoms with Crippen LogP contribution in [0, 0.1) is 0 Å². The molecule has 0 aliphatic rings. The fourth-order valence-corrected chi connectivity index (χ4v) is 1.58. The van der Waals surface area contributed by atoms with Gasteiger partial charge in [-0.1, -0.05) is 11.6 Å². The van der Waals surface area contributed by atoms with Gasteiger partial charge >= 0.3 is 6.01 Å². The minimum Gasteiger partial charge on any atom is -0.461 e. The van der Waals surface area contributed by atoms with Gasteiger partial charge in [-0.3, -0.25) is 0 Å². The quantitative estimate of drug-likeness (QED) is 0.882. The van der Waals surface area contributed by atoms with Crippen molar-refractivity contribution in [1.29, 1.82) is 0 Å². The molecular formula is C13H16ClN5O. The summed E-state index contributed by atoms with van der Waals surface area (Å²) in [5.74, 6) is 0.842. The SMILES string of the molecule is CNc1nc(Nc2ccc(Cl)cc2)nc(OC(C)C)n1. The van der Waals surface area contributed by atoms with E-state index in [2.05, 4.69) is 25.6 Å². The third kappa shape index (κ3) is 3.96. The molecule has 0 spiro atoms. The Morgan fingerprint density at radius 2 is 1.70 bits per heavy atom. The van der Waals surface area contributed by atoms with Gasteiger partial charge < -0.3 is 15.4 Å². The van der Waals surface area contributed by atoms with E-state index in [-0.39, 0.29) is 12.1 Å². The summed E-state index contributed by atoms with van der Waals surface area (Å²) in [5, 5.41) is 6.62. The second kappa shape index (κ2) is 6.38. The van der Waals surface area contributed by atoms with Crippen molar-refractivity contribution in [2.24, 2.45) is 0 Å². The van der Waals surface area contributed by atoms with Gasteiger partial charge in [-0.05, 0) is 38.1 Å². The molecule has 0 unspecified atom stereocenters. The van der Waals surface area contributed by atoms with Crippen molar-refractivity contribution in [3.63, 3.8) is 0 Å². The average Bonchev–Trinajstić information content (AvgIpc) is 2.40. The second-order valence-corrected chi connectivity index (χ2v) is 4.75.